The number of nitrogens with two attached hydrogens (primary N) is 1. The SMILES string of the molecule is CC(C)(C)C1CCCCC1NC(=O)C(N)CC(=O)O. The first kappa shape index (κ1) is 16.0. The zero-order valence-electron chi connectivity index (χ0n) is 12.1. The van der Waals surface area contributed by atoms with Crippen LogP contribution >= 0.6 is 0 Å². The van der Waals surface area contributed by atoms with Crippen LogP contribution < -0.4 is 11.1 Å². The number of nitrogens with one attached hydrogen (secondary N) is 1. The lowest BCUT2D eigenvalue weighted by Gasteiger charge is -2.41. The Morgan fingerprint density at radius 1 is 1.32 bits per heavy atom. The summed E-state index contributed by atoms with van der Waals surface area (Å²) in [6, 6.07) is -0.846. The van der Waals surface area contributed by atoms with Crippen LogP contribution in [0.15, 0.2) is 0 Å². The molecular formula is C14H26N2O3. The first-order valence-electron chi connectivity index (χ1n) is 6.99. The van der Waals surface area contributed by atoms with E-state index < -0.39 is 12.0 Å². The summed E-state index contributed by atoms with van der Waals surface area (Å²) in [5.74, 6) is -0.968. The van der Waals surface area contributed by atoms with Crippen LogP contribution in [0.25, 0.3) is 0 Å². The lowest BCUT2D eigenvalue weighted by Crippen LogP contribution is -2.51. The normalized spacial score (nSPS) is 25.7. The van der Waals surface area contributed by atoms with Gasteiger partial charge in [0.1, 0.15) is 0 Å². The van der Waals surface area contributed by atoms with Crippen molar-refractivity contribution in [2.75, 3.05) is 0 Å². The van der Waals surface area contributed by atoms with Gasteiger partial charge in [0.25, 0.3) is 0 Å². The molecule has 3 unspecified atom stereocenters. The Hall–Kier alpha value is -1.10. The van der Waals surface area contributed by atoms with E-state index in [1.54, 1.807) is 0 Å². The van der Waals surface area contributed by atoms with Gasteiger partial charge in [-0.2, -0.15) is 0 Å². The standard InChI is InChI=1S/C14H26N2O3/c1-14(2,3)9-6-4-5-7-11(9)16-13(19)10(15)8-12(17)18/h9-11H,4-8,15H2,1-3H3,(H,16,19)(H,17,18). The fourth-order valence-corrected chi connectivity index (χ4v) is 2.91. The average molecular weight is 270 g/mol. The molecule has 0 heterocycles. The van der Waals surface area contributed by atoms with Gasteiger partial charge in [-0.1, -0.05) is 33.6 Å². The fraction of sp³-hybridized carbons (Fsp3) is 0.857. The number of hydrogen-bond acceptors (Lipinski definition) is 3. The highest BCUT2D eigenvalue weighted by Crippen LogP contribution is 2.37. The van der Waals surface area contributed by atoms with Crippen molar-refractivity contribution >= 4 is 11.9 Å². The molecule has 1 rings (SSSR count). The molecule has 5 nitrogen and oxygen atoms in total. The summed E-state index contributed by atoms with van der Waals surface area (Å²) in [7, 11) is 0. The Bertz CT molecular complexity index is 336. The van der Waals surface area contributed by atoms with Crippen molar-refractivity contribution in [1.82, 2.24) is 5.32 Å². The van der Waals surface area contributed by atoms with Gasteiger partial charge in [-0.3, -0.25) is 9.59 Å². The molecule has 3 atom stereocenters. The quantitative estimate of drug-likeness (QED) is 0.722. The first-order chi connectivity index (χ1) is 8.71. The fourth-order valence-electron chi connectivity index (χ4n) is 2.91. The number of hydrogen-bond donors (Lipinski definition) is 3. The summed E-state index contributed by atoms with van der Waals surface area (Å²) in [6.45, 7) is 6.54. The number of amides is 1. The van der Waals surface area contributed by atoms with Gasteiger partial charge in [-0.25, -0.2) is 0 Å². The minimum absolute atomic E-state index is 0.112. The molecule has 0 saturated heterocycles. The van der Waals surface area contributed by atoms with E-state index in [0.717, 1.165) is 19.3 Å². The third-order valence-electron chi connectivity index (χ3n) is 3.94. The Morgan fingerprint density at radius 3 is 2.42 bits per heavy atom. The highest BCUT2D eigenvalue weighted by atomic mass is 16.4. The number of carbonyl (C=O) groups excluding carboxylic acids is 1. The smallest absolute Gasteiger partial charge is 0.305 e. The molecule has 4 N–H and O–H groups in total. The second-order valence-electron chi connectivity index (χ2n) is 6.58. The highest BCUT2D eigenvalue weighted by molar-refractivity contribution is 5.86. The van der Waals surface area contributed by atoms with Crippen molar-refractivity contribution in [2.45, 2.75) is 65.0 Å². The van der Waals surface area contributed by atoms with Crippen LogP contribution in [0.1, 0.15) is 52.9 Å². The molecule has 0 aromatic heterocycles. The van der Waals surface area contributed by atoms with Gasteiger partial charge in [-0.05, 0) is 24.2 Å². The second-order valence-corrected chi connectivity index (χ2v) is 6.58. The van der Waals surface area contributed by atoms with Crippen LogP contribution in [0.4, 0.5) is 0 Å². The predicted octanol–water partition coefficient (Wildman–Crippen LogP) is 1.51. The molecule has 0 aromatic rings. The third kappa shape index (κ3) is 4.82. The van der Waals surface area contributed by atoms with E-state index in [4.69, 9.17) is 10.8 Å². The van der Waals surface area contributed by atoms with Crippen molar-refractivity contribution < 1.29 is 14.7 Å². The van der Waals surface area contributed by atoms with Crippen LogP contribution in [0.5, 0.6) is 0 Å². The molecule has 1 amide bonds. The molecule has 1 aliphatic carbocycles. The molecule has 0 bridgehead atoms. The van der Waals surface area contributed by atoms with Crippen LogP contribution in [-0.2, 0) is 9.59 Å². The summed E-state index contributed by atoms with van der Waals surface area (Å²) in [6.07, 6.45) is 4.02. The molecule has 1 fully saturated rings. The van der Waals surface area contributed by atoms with Gasteiger partial charge in [-0.15, -0.1) is 0 Å². The molecule has 1 saturated carbocycles. The van der Waals surface area contributed by atoms with E-state index in [1.165, 1.54) is 6.42 Å². The molecule has 110 valence electrons. The van der Waals surface area contributed by atoms with Crippen molar-refractivity contribution in [3.8, 4) is 0 Å². The van der Waals surface area contributed by atoms with Crippen molar-refractivity contribution in [1.29, 1.82) is 0 Å². The van der Waals surface area contributed by atoms with Gasteiger partial charge in [0.15, 0.2) is 0 Å². The maximum Gasteiger partial charge on any atom is 0.305 e. The molecule has 1 aliphatic rings. The monoisotopic (exact) mass is 270 g/mol. The van der Waals surface area contributed by atoms with Gasteiger partial charge in [0.05, 0.1) is 12.5 Å². The minimum atomic E-state index is -1.04. The zero-order valence-corrected chi connectivity index (χ0v) is 12.1. The number of carboxylic acid groups (broad SMARTS) is 1. The molecule has 19 heavy (non-hydrogen) atoms. The molecule has 0 spiro atoms. The molecule has 5 heteroatoms. The maximum absolute atomic E-state index is 11.9. The number of aliphatic carboxylic acids is 1. The summed E-state index contributed by atoms with van der Waals surface area (Å²) in [4.78, 5) is 22.5. The van der Waals surface area contributed by atoms with E-state index in [2.05, 4.69) is 26.1 Å². The van der Waals surface area contributed by atoms with E-state index in [-0.39, 0.29) is 23.8 Å². The van der Waals surface area contributed by atoms with Crippen LogP contribution in [0.2, 0.25) is 0 Å². The van der Waals surface area contributed by atoms with E-state index in [0.29, 0.717) is 5.92 Å². The average Bonchev–Trinajstić information content (AvgIpc) is 2.27. The Balaban J connectivity index is 2.62. The highest BCUT2D eigenvalue weighted by Gasteiger charge is 2.35. The van der Waals surface area contributed by atoms with Crippen LogP contribution in [0, 0.1) is 11.3 Å². The summed E-state index contributed by atoms with van der Waals surface area (Å²) >= 11 is 0. The van der Waals surface area contributed by atoms with Gasteiger partial charge >= 0.3 is 5.97 Å². The summed E-state index contributed by atoms with van der Waals surface area (Å²) in [5.41, 5.74) is 5.73. The van der Waals surface area contributed by atoms with Crippen molar-refractivity contribution in [2.24, 2.45) is 17.1 Å². The van der Waals surface area contributed by atoms with E-state index in [9.17, 15) is 9.59 Å². The van der Waals surface area contributed by atoms with Gasteiger partial charge < -0.3 is 16.2 Å². The first-order valence-corrected chi connectivity index (χ1v) is 6.99. The number of rotatable bonds is 4. The van der Waals surface area contributed by atoms with Crippen molar-refractivity contribution in [3.63, 3.8) is 0 Å². The molecule has 0 radical (unpaired) electrons. The number of carboxylic acids is 1. The number of carbonyl (C=O) groups is 2. The van der Waals surface area contributed by atoms with Gasteiger partial charge in [0, 0.05) is 6.04 Å². The third-order valence-corrected chi connectivity index (χ3v) is 3.94. The summed E-state index contributed by atoms with van der Waals surface area (Å²) < 4.78 is 0. The van der Waals surface area contributed by atoms with Crippen LogP contribution in [0.3, 0.4) is 0 Å². The minimum Gasteiger partial charge on any atom is -0.481 e. The predicted molar refractivity (Wildman–Crippen MR) is 73.6 cm³/mol. The lowest BCUT2D eigenvalue weighted by atomic mass is 9.69. The second kappa shape index (κ2) is 6.37. The zero-order chi connectivity index (χ0) is 14.6. The Kier molecular flexibility index (Phi) is 5.35. The van der Waals surface area contributed by atoms with E-state index >= 15 is 0 Å². The largest absolute Gasteiger partial charge is 0.481 e. The topological polar surface area (TPSA) is 92.4 Å². The Morgan fingerprint density at radius 2 is 1.89 bits per heavy atom. The lowest BCUT2D eigenvalue weighted by molar-refractivity contribution is -0.139. The Labute approximate surface area is 114 Å². The van der Waals surface area contributed by atoms with Crippen LogP contribution in [-0.4, -0.2) is 29.1 Å². The maximum atomic E-state index is 11.9. The van der Waals surface area contributed by atoms with Crippen molar-refractivity contribution in [3.05, 3.63) is 0 Å². The van der Waals surface area contributed by atoms with Gasteiger partial charge in [0.2, 0.25) is 5.91 Å². The molecule has 0 aromatic carbocycles. The summed E-state index contributed by atoms with van der Waals surface area (Å²) in [5, 5.41) is 11.6. The van der Waals surface area contributed by atoms with E-state index in [1.807, 2.05) is 0 Å². The molecular weight excluding hydrogens is 244 g/mol. The molecule has 0 aliphatic heterocycles.